The highest BCUT2D eigenvalue weighted by atomic mass is 35.5. The van der Waals surface area contributed by atoms with Crippen molar-refractivity contribution in [2.75, 3.05) is 0 Å². The van der Waals surface area contributed by atoms with Gasteiger partial charge in [-0.3, -0.25) is 14.9 Å². The highest BCUT2D eigenvalue weighted by Gasteiger charge is 2.26. The fraction of sp³-hybridized carbons (Fsp3) is 0.294. The first-order chi connectivity index (χ1) is 10.5. The average molecular weight is 334 g/mol. The summed E-state index contributed by atoms with van der Waals surface area (Å²) in [5.74, 6) is -0.337. The van der Waals surface area contributed by atoms with Crippen molar-refractivity contribution in [3.63, 3.8) is 0 Å². The largest absolute Gasteiger partial charge is 0.290 e. The Morgan fingerprint density at radius 2 is 1.91 bits per heavy atom. The molecule has 0 aromatic heterocycles. The molecule has 2 amide bonds. The minimum Gasteiger partial charge on any atom is -0.282 e. The van der Waals surface area contributed by atoms with Crippen LogP contribution in [0.2, 0.25) is 0 Å². The molecule has 0 unspecified atom stereocenters. The highest BCUT2D eigenvalue weighted by Crippen LogP contribution is 2.37. The minimum absolute atomic E-state index is 0.325. The van der Waals surface area contributed by atoms with Crippen molar-refractivity contribution in [3.8, 4) is 0 Å². The van der Waals surface area contributed by atoms with Gasteiger partial charge in [0, 0.05) is 0 Å². The van der Waals surface area contributed by atoms with Crippen LogP contribution in [0.25, 0.3) is 5.03 Å². The second kappa shape index (κ2) is 5.94. The van der Waals surface area contributed by atoms with E-state index in [1.54, 1.807) is 6.08 Å². The molecule has 1 saturated heterocycles. The number of thioether (sulfide) groups is 1. The van der Waals surface area contributed by atoms with Gasteiger partial charge in [-0.2, -0.15) is 0 Å². The van der Waals surface area contributed by atoms with Gasteiger partial charge in [-0.05, 0) is 84.8 Å². The van der Waals surface area contributed by atoms with Gasteiger partial charge in [0.2, 0.25) is 0 Å². The number of allylic oxidation sites excluding steroid dienone is 2. The minimum atomic E-state index is -0.337. The van der Waals surface area contributed by atoms with E-state index in [-0.39, 0.29) is 11.1 Å². The smallest absolute Gasteiger partial charge is 0.282 e. The molecule has 0 spiro atoms. The third-order valence-electron chi connectivity index (χ3n) is 4.08. The number of rotatable bonds is 1. The molecule has 1 aromatic rings. The summed E-state index contributed by atoms with van der Waals surface area (Å²) >= 11 is 7.55. The van der Waals surface area contributed by atoms with Gasteiger partial charge in [0.05, 0.1) is 9.94 Å². The first-order valence-electron chi connectivity index (χ1n) is 7.19. The summed E-state index contributed by atoms with van der Waals surface area (Å²) in [6, 6.07) is 4.31. The van der Waals surface area contributed by atoms with Crippen molar-refractivity contribution in [2.45, 2.75) is 33.1 Å². The first kappa shape index (κ1) is 15.4. The van der Waals surface area contributed by atoms with Crippen LogP contribution in [0.15, 0.2) is 28.7 Å². The summed E-state index contributed by atoms with van der Waals surface area (Å²) in [7, 11) is 0. The van der Waals surface area contributed by atoms with Crippen LogP contribution in [-0.2, 0) is 11.2 Å². The lowest BCUT2D eigenvalue weighted by atomic mass is 9.98. The zero-order chi connectivity index (χ0) is 15.9. The van der Waals surface area contributed by atoms with Crippen LogP contribution in [0.5, 0.6) is 0 Å². The van der Waals surface area contributed by atoms with Crippen LogP contribution in [0.4, 0.5) is 4.79 Å². The number of hydrogen-bond donors (Lipinski definition) is 1. The van der Waals surface area contributed by atoms with E-state index >= 15 is 0 Å². The average Bonchev–Trinajstić information content (AvgIpc) is 2.70. The van der Waals surface area contributed by atoms with Gasteiger partial charge < -0.3 is 0 Å². The topological polar surface area (TPSA) is 46.2 Å². The van der Waals surface area contributed by atoms with E-state index in [0.717, 1.165) is 42.2 Å². The molecule has 0 radical (unpaired) electrons. The second-order valence-electron chi connectivity index (χ2n) is 5.64. The molecule has 1 fully saturated rings. The first-order valence-corrected chi connectivity index (χ1v) is 8.39. The van der Waals surface area contributed by atoms with Crippen molar-refractivity contribution in [2.24, 2.45) is 0 Å². The number of fused-ring (bicyclic) bond motifs is 1. The Morgan fingerprint density at radius 1 is 1.18 bits per heavy atom. The van der Waals surface area contributed by atoms with Gasteiger partial charge in [0.25, 0.3) is 11.1 Å². The number of hydrogen-bond acceptors (Lipinski definition) is 3. The lowest BCUT2D eigenvalue weighted by Gasteiger charge is -2.11. The number of amides is 2. The van der Waals surface area contributed by atoms with E-state index in [2.05, 4.69) is 31.3 Å². The van der Waals surface area contributed by atoms with Crippen LogP contribution >= 0.6 is 23.4 Å². The van der Waals surface area contributed by atoms with Gasteiger partial charge in [-0.1, -0.05) is 17.7 Å². The molecule has 2 aliphatic rings. The number of imide groups is 1. The third kappa shape index (κ3) is 2.85. The van der Waals surface area contributed by atoms with E-state index in [4.69, 9.17) is 11.6 Å². The van der Waals surface area contributed by atoms with E-state index in [1.165, 1.54) is 16.7 Å². The Hall–Kier alpha value is -1.52. The number of carbonyl (C=O) groups excluding carboxylic acids is 2. The summed E-state index contributed by atoms with van der Waals surface area (Å²) < 4.78 is 0. The predicted molar refractivity (Wildman–Crippen MR) is 90.8 cm³/mol. The number of aryl methyl sites for hydroxylation is 3. The van der Waals surface area contributed by atoms with E-state index in [0.29, 0.717) is 9.94 Å². The molecular weight excluding hydrogens is 318 g/mol. The van der Waals surface area contributed by atoms with Crippen LogP contribution in [0, 0.1) is 13.8 Å². The van der Waals surface area contributed by atoms with Crippen molar-refractivity contribution in [3.05, 3.63) is 50.9 Å². The van der Waals surface area contributed by atoms with E-state index in [9.17, 15) is 9.59 Å². The highest BCUT2D eigenvalue weighted by molar-refractivity contribution is 8.18. The lowest BCUT2D eigenvalue weighted by Crippen LogP contribution is -2.17. The fourth-order valence-corrected chi connectivity index (χ4v) is 3.77. The molecule has 1 aliphatic heterocycles. The Labute approximate surface area is 138 Å². The van der Waals surface area contributed by atoms with Gasteiger partial charge in [0.1, 0.15) is 0 Å². The standard InChI is InChI=1S/C17H16ClNO2S/c1-9-6-11-4-3-5-12(15(18)13(11)7-10(9)2)8-14-16(20)19-17(21)22-14/h6-8H,3-5H2,1-2H3,(H,19,20,21)/b14-8-. The van der Waals surface area contributed by atoms with Crippen molar-refractivity contribution >= 4 is 39.5 Å². The molecule has 3 rings (SSSR count). The number of benzene rings is 1. The monoisotopic (exact) mass is 333 g/mol. The second-order valence-corrected chi connectivity index (χ2v) is 7.03. The van der Waals surface area contributed by atoms with Crippen molar-refractivity contribution < 1.29 is 9.59 Å². The maximum atomic E-state index is 11.7. The normalized spacial score (nSPS) is 20.2. The maximum Gasteiger partial charge on any atom is 0.290 e. The number of halogens is 1. The Kier molecular flexibility index (Phi) is 4.15. The predicted octanol–water partition coefficient (Wildman–Crippen LogP) is 4.46. The molecule has 3 nitrogen and oxygen atoms in total. The van der Waals surface area contributed by atoms with E-state index in [1.807, 2.05) is 0 Å². The lowest BCUT2D eigenvalue weighted by molar-refractivity contribution is -0.115. The summed E-state index contributed by atoms with van der Waals surface area (Å²) in [5.41, 5.74) is 5.69. The Morgan fingerprint density at radius 3 is 2.59 bits per heavy atom. The van der Waals surface area contributed by atoms with Gasteiger partial charge >= 0.3 is 0 Å². The fourth-order valence-electron chi connectivity index (χ4n) is 2.75. The quantitative estimate of drug-likeness (QED) is 0.772. The van der Waals surface area contributed by atoms with Gasteiger partial charge in [0.15, 0.2) is 0 Å². The molecule has 0 bridgehead atoms. The summed E-state index contributed by atoms with van der Waals surface area (Å²) in [5, 5.41) is 2.64. The maximum absolute atomic E-state index is 11.7. The summed E-state index contributed by atoms with van der Waals surface area (Å²) in [6.07, 6.45) is 4.51. The van der Waals surface area contributed by atoms with Crippen LogP contribution in [0.1, 0.15) is 35.1 Å². The molecule has 22 heavy (non-hydrogen) atoms. The molecule has 1 heterocycles. The molecule has 5 heteroatoms. The molecule has 1 aliphatic carbocycles. The molecule has 1 N–H and O–H groups in total. The molecule has 114 valence electrons. The van der Waals surface area contributed by atoms with Gasteiger partial charge in [-0.25, -0.2) is 0 Å². The Bertz CT molecular complexity index is 749. The number of nitrogens with one attached hydrogen (secondary N) is 1. The summed E-state index contributed by atoms with van der Waals surface area (Å²) in [4.78, 5) is 23.4. The SMILES string of the molecule is Cc1cc2c(cc1C)C(Cl)=C(/C=C1\SC(=O)NC1=O)CCC2. The molecular formula is C17H16ClNO2S. The van der Waals surface area contributed by atoms with Gasteiger partial charge in [-0.15, -0.1) is 0 Å². The molecule has 1 aromatic carbocycles. The van der Waals surface area contributed by atoms with Crippen LogP contribution < -0.4 is 5.32 Å². The summed E-state index contributed by atoms with van der Waals surface area (Å²) in [6.45, 7) is 4.17. The number of carbonyl (C=O) groups is 2. The van der Waals surface area contributed by atoms with Crippen molar-refractivity contribution in [1.82, 2.24) is 5.32 Å². The van der Waals surface area contributed by atoms with E-state index < -0.39 is 0 Å². The van der Waals surface area contributed by atoms with Crippen LogP contribution in [0.3, 0.4) is 0 Å². The Balaban J connectivity index is 2.07. The van der Waals surface area contributed by atoms with Crippen LogP contribution in [-0.4, -0.2) is 11.1 Å². The molecule has 0 atom stereocenters. The molecule has 0 saturated carbocycles. The van der Waals surface area contributed by atoms with Crippen molar-refractivity contribution in [1.29, 1.82) is 0 Å². The zero-order valence-corrected chi connectivity index (χ0v) is 14.0. The zero-order valence-electron chi connectivity index (χ0n) is 12.5. The third-order valence-corrected chi connectivity index (χ3v) is 5.33.